The Hall–Kier alpha value is -1.88. The SMILES string of the molecule is CCc1ccccc1C(N)c1cnccc1C(F)(F)F. The highest BCUT2D eigenvalue weighted by Gasteiger charge is 2.35. The van der Waals surface area contributed by atoms with Crippen LogP contribution >= 0.6 is 0 Å². The number of hydrogen-bond donors (Lipinski definition) is 1. The molecule has 1 atom stereocenters. The topological polar surface area (TPSA) is 38.9 Å². The molecule has 1 unspecified atom stereocenters. The Bertz CT molecular complexity index is 594. The van der Waals surface area contributed by atoms with E-state index in [1.807, 2.05) is 19.1 Å². The van der Waals surface area contributed by atoms with E-state index >= 15 is 0 Å². The summed E-state index contributed by atoms with van der Waals surface area (Å²) in [5, 5.41) is 0. The molecule has 0 spiro atoms. The Labute approximate surface area is 115 Å². The quantitative estimate of drug-likeness (QED) is 0.930. The molecule has 1 aromatic heterocycles. The van der Waals surface area contributed by atoms with Crippen molar-refractivity contribution < 1.29 is 13.2 Å². The summed E-state index contributed by atoms with van der Waals surface area (Å²) in [5.41, 5.74) is 6.96. The Balaban J connectivity index is 2.52. The van der Waals surface area contributed by atoms with Crippen molar-refractivity contribution in [2.45, 2.75) is 25.6 Å². The number of alkyl halides is 3. The van der Waals surface area contributed by atoms with Crippen molar-refractivity contribution in [2.75, 3.05) is 0 Å². The zero-order valence-electron chi connectivity index (χ0n) is 11.0. The van der Waals surface area contributed by atoms with Crippen molar-refractivity contribution in [2.24, 2.45) is 5.73 Å². The van der Waals surface area contributed by atoms with Gasteiger partial charge in [-0.25, -0.2) is 0 Å². The maximum absolute atomic E-state index is 13.0. The molecule has 0 bridgehead atoms. The van der Waals surface area contributed by atoms with Gasteiger partial charge in [0.05, 0.1) is 11.6 Å². The molecule has 2 aromatic rings. The zero-order chi connectivity index (χ0) is 14.8. The largest absolute Gasteiger partial charge is 0.416 e. The molecule has 2 rings (SSSR count). The minimum atomic E-state index is -4.43. The number of rotatable bonds is 3. The maximum atomic E-state index is 13.0. The molecular formula is C15H15F3N2. The molecule has 1 aromatic carbocycles. The van der Waals surface area contributed by atoms with Crippen molar-refractivity contribution >= 4 is 0 Å². The highest BCUT2D eigenvalue weighted by atomic mass is 19.4. The van der Waals surface area contributed by atoms with E-state index in [9.17, 15) is 13.2 Å². The van der Waals surface area contributed by atoms with Crippen LogP contribution < -0.4 is 5.73 Å². The van der Waals surface area contributed by atoms with Crippen LogP contribution in [0.3, 0.4) is 0 Å². The first-order valence-corrected chi connectivity index (χ1v) is 6.29. The second kappa shape index (κ2) is 5.63. The average molecular weight is 280 g/mol. The minimum absolute atomic E-state index is 0.000833. The fourth-order valence-electron chi connectivity index (χ4n) is 2.24. The van der Waals surface area contributed by atoms with Gasteiger partial charge in [0.2, 0.25) is 0 Å². The maximum Gasteiger partial charge on any atom is 0.416 e. The number of nitrogens with zero attached hydrogens (tertiary/aromatic N) is 1. The first kappa shape index (κ1) is 14.5. The molecule has 0 aliphatic carbocycles. The molecule has 0 radical (unpaired) electrons. The summed E-state index contributed by atoms with van der Waals surface area (Å²) >= 11 is 0. The first-order chi connectivity index (χ1) is 9.45. The van der Waals surface area contributed by atoms with E-state index in [0.29, 0.717) is 12.0 Å². The van der Waals surface area contributed by atoms with Crippen LogP contribution in [0.2, 0.25) is 0 Å². The first-order valence-electron chi connectivity index (χ1n) is 6.29. The lowest BCUT2D eigenvalue weighted by Gasteiger charge is -2.20. The number of nitrogens with two attached hydrogens (primary N) is 1. The van der Waals surface area contributed by atoms with E-state index in [0.717, 1.165) is 17.8 Å². The third-order valence-corrected chi connectivity index (χ3v) is 3.26. The van der Waals surface area contributed by atoms with Gasteiger partial charge < -0.3 is 5.73 Å². The summed E-state index contributed by atoms with van der Waals surface area (Å²) in [6, 6.07) is 7.39. The van der Waals surface area contributed by atoms with Crippen LogP contribution in [0.4, 0.5) is 13.2 Å². The highest BCUT2D eigenvalue weighted by Crippen LogP contribution is 2.35. The number of aryl methyl sites for hydroxylation is 1. The molecule has 0 aliphatic rings. The lowest BCUT2D eigenvalue weighted by Crippen LogP contribution is -2.20. The summed E-state index contributed by atoms with van der Waals surface area (Å²) in [5.74, 6) is 0. The van der Waals surface area contributed by atoms with Crippen LogP contribution in [0.5, 0.6) is 0 Å². The summed E-state index contributed by atoms with van der Waals surface area (Å²) in [4.78, 5) is 3.78. The Morgan fingerprint density at radius 3 is 2.50 bits per heavy atom. The van der Waals surface area contributed by atoms with Crippen LogP contribution in [-0.4, -0.2) is 4.98 Å². The van der Waals surface area contributed by atoms with Gasteiger partial charge in [0.15, 0.2) is 0 Å². The smallest absolute Gasteiger partial charge is 0.320 e. The fourth-order valence-corrected chi connectivity index (χ4v) is 2.24. The van der Waals surface area contributed by atoms with Crippen LogP contribution in [0.15, 0.2) is 42.7 Å². The fraction of sp³-hybridized carbons (Fsp3) is 0.267. The lowest BCUT2D eigenvalue weighted by molar-refractivity contribution is -0.138. The predicted molar refractivity (Wildman–Crippen MR) is 71.1 cm³/mol. The van der Waals surface area contributed by atoms with Gasteiger partial charge in [-0.2, -0.15) is 13.2 Å². The van der Waals surface area contributed by atoms with Crippen molar-refractivity contribution in [3.05, 3.63) is 65.0 Å². The van der Waals surface area contributed by atoms with Gasteiger partial charge in [0.1, 0.15) is 0 Å². The molecule has 0 saturated carbocycles. The standard InChI is InChI=1S/C15H15F3N2/c1-2-10-5-3-4-6-11(10)14(19)12-9-20-8-7-13(12)15(16,17)18/h3-9,14H,2,19H2,1H3. The molecule has 20 heavy (non-hydrogen) atoms. The summed E-state index contributed by atoms with van der Waals surface area (Å²) < 4.78 is 39.1. The Morgan fingerprint density at radius 2 is 1.85 bits per heavy atom. The van der Waals surface area contributed by atoms with E-state index in [-0.39, 0.29) is 5.56 Å². The van der Waals surface area contributed by atoms with Crippen LogP contribution in [0.25, 0.3) is 0 Å². The molecule has 1 heterocycles. The van der Waals surface area contributed by atoms with Gasteiger partial charge in [0.25, 0.3) is 0 Å². The van der Waals surface area contributed by atoms with Gasteiger partial charge in [0, 0.05) is 18.0 Å². The van der Waals surface area contributed by atoms with Gasteiger partial charge in [-0.15, -0.1) is 0 Å². The van der Waals surface area contributed by atoms with Crippen molar-refractivity contribution in [3.8, 4) is 0 Å². The summed E-state index contributed by atoms with van der Waals surface area (Å²) in [7, 11) is 0. The summed E-state index contributed by atoms with van der Waals surface area (Å²) in [6.07, 6.45) is -1.40. The third kappa shape index (κ3) is 2.82. The second-order valence-corrected chi connectivity index (χ2v) is 4.49. The molecule has 0 aliphatic heterocycles. The number of aromatic nitrogens is 1. The molecule has 2 nitrogen and oxygen atoms in total. The monoisotopic (exact) mass is 280 g/mol. The molecule has 0 amide bonds. The zero-order valence-corrected chi connectivity index (χ0v) is 11.0. The average Bonchev–Trinajstić information content (AvgIpc) is 2.45. The van der Waals surface area contributed by atoms with Gasteiger partial charge in [-0.1, -0.05) is 31.2 Å². The molecule has 106 valence electrons. The second-order valence-electron chi connectivity index (χ2n) is 4.49. The van der Waals surface area contributed by atoms with E-state index in [1.54, 1.807) is 12.1 Å². The third-order valence-electron chi connectivity index (χ3n) is 3.26. The molecule has 2 N–H and O–H groups in total. The number of pyridine rings is 1. The molecule has 0 saturated heterocycles. The predicted octanol–water partition coefficient (Wildman–Crippen LogP) is 3.71. The van der Waals surface area contributed by atoms with E-state index in [2.05, 4.69) is 4.98 Å². The van der Waals surface area contributed by atoms with Crippen LogP contribution in [-0.2, 0) is 12.6 Å². The molecule has 5 heteroatoms. The van der Waals surface area contributed by atoms with E-state index in [4.69, 9.17) is 5.73 Å². The van der Waals surface area contributed by atoms with Crippen molar-refractivity contribution in [3.63, 3.8) is 0 Å². The van der Waals surface area contributed by atoms with Crippen molar-refractivity contribution in [1.82, 2.24) is 4.98 Å². The van der Waals surface area contributed by atoms with Crippen molar-refractivity contribution in [1.29, 1.82) is 0 Å². The minimum Gasteiger partial charge on any atom is -0.320 e. The molecule has 0 fully saturated rings. The van der Waals surface area contributed by atoms with E-state index in [1.165, 1.54) is 6.20 Å². The molecular weight excluding hydrogens is 265 g/mol. The van der Waals surface area contributed by atoms with E-state index < -0.39 is 17.8 Å². The normalized spacial score (nSPS) is 13.2. The van der Waals surface area contributed by atoms with Crippen LogP contribution in [0.1, 0.15) is 35.2 Å². The highest BCUT2D eigenvalue weighted by molar-refractivity contribution is 5.40. The number of halogens is 3. The lowest BCUT2D eigenvalue weighted by atomic mass is 9.92. The van der Waals surface area contributed by atoms with Gasteiger partial charge in [-0.05, 0) is 23.6 Å². The Kier molecular flexibility index (Phi) is 4.09. The Morgan fingerprint density at radius 1 is 1.15 bits per heavy atom. The number of benzene rings is 1. The van der Waals surface area contributed by atoms with Gasteiger partial charge in [-0.3, -0.25) is 4.98 Å². The summed E-state index contributed by atoms with van der Waals surface area (Å²) in [6.45, 7) is 1.94. The van der Waals surface area contributed by atoms with Gasteiger partial charge >= 0.3 is 6.18 Å². The number of hydrogen-bond acceptors (Lipinski definition) is 2. The van der Waals surface area contributed by atoms with Crippen LogP contribution in [0, 0.1) is 0 Å².